The lowest BCUT2D eigenvalue weighted by Gasteiger charge is -2.33. The monoisotopic (exact) mass is 436 g/mol. The Morgan fingerprint density at radius 3 is 2.57 bits per heavy atom. The highest BCUT2D eigenvalue weighted by Gasteiger charge is 2.34. The van der Waals surface area contributed by atoms with Crippen LogP contribution in [0.4, 0.5) is 0 Å². The first-order valence-electron chi connectivity index (χ1n) is 10.4. The summed E-state index contributed by atoms with van der Waals surface area (Å²) in [5.41, 5.74) is 0.757. The Hall–Kier alpha value is -2.27. The molecule has 1 amide bonds. The molecule has 2 aromatic rings. The number of aromatic nitrogens is 4. The molecular weight excluding hydrogens is 408 g/mol. The fraction of sp³-hybridized carbons (Fsp3) is 0.684. The third-order valence-corrected chi connectivity index (χ3v) is 8.19. The summed E-state index contributed by atoms with van der Waals surface area (Å²) in [5, 5.41) is 12.1. The minimum Gasteiger partial charge on any atom is -0.361 e. The molecule has 0 aliphatic carbocycles. The Morgan fingerprint density at radius 1 is 1.20 bits per heavy atom. The van der Waals surface area contributed by atoms with Gasteiger partial charge in [0, 0.05) is 38.2 Å². The van der Waals surface area contributed by atoms with Crippen LogP contribution in [-0.4, -0.2) is 68.3 Å². The molecule has 0 unspecified atom stereocenters. The van der Waals surface area contributed by atoms with Crippen molar-refractivity contribution in [1.29, 1.82) is 0 Å². The van der Waals surface area contributed by atoms with Gasteiger partial charge < -0.3 is 14.0 Å². The van der Waals surface area contributed by atoms with E-state index in [4.69, 9.17) is 4.52 Å². The van der Waals surface area contributed by atoms with E-state index in [2.05, 4.69) is 19.9 Å². The highest BCUT2D eigenvalue weighted by molar-refractivity contribution is 7.89. The molecule has 0 bridgehead atoms. The molecule has 2 aliphatic heterocycles. The average molecular weight is 437 g/mol. The number of amides is 1. The van der Waals surface area contributed by atoms with Crippen molar-refractivity contribution in [3.63, 3.8) is 0 Å². The van der Waals surface area contributed by atoms with Crippen molar-refractivity contribution in [3.05, 3.63) is 29.2 Å². The van der Waals surface area contributed by atoms with Gasteiger partial charge in [0.05, 0.1) is 23.9 Å². The molecule has 0 radical (unpaired) electrons. The molecule has 0 atom stereocenters. The van der Waals surface area contributed by atoms with Gasteiger partial charge in [-0.05, 0) is 33.6 Å². The van der Waals surface area contributed by atoms with Crippen LogP contribution in [0.1, 0.15) is 55.7 Å². The largest absolute Gasteiger partial charge is 0.361 e. The van der Waals surface area contributed by atoms with Crippen LogP contribution in [-0.2, 0) is 34.3 Å². The van der Waals surface area contributed by atoms with E-state index in [1.165, 1.54) is 0 Å². The molecule has 0 N–H and O–H groups in total. The molecule has 0 spiro atoms. The maximum atomic E-state index is 12.6. The summed E-state index contributed by atoms with van der Waals surface area (Å²) >= 11 is 0. The van der Waals surface area contributed by atoms with Crippen molar-refractivity contribution in [1.82, 2.24) is 29.1 Å². The molecule has 0 aromatic carbocycles. The lowest BCUT2D eigenvalue weighted by molar-refractivity contribution is -0.132. The first-order chi connectivity index (χ1) is 14.3. The van der Waals surface area contributed by atoms with E-state index in [1.807, 2.05) is 6.92 Å². The topological polar surface area (TPSA) is 114 Å². The Labute approximate surface area is 176 Å². The second-order valence-corrected chi connectivity index (χ2v) is 10.8. The van der Waals surface area contributed by atoms with Crippen molar-refractivity contribution >= 4 is 15.9 Å². The van der Waals surface area contributed by atoms with Crippen molar-refractivity contribution in [2.24, 2.45) is 0 Å². The maximum absolute atomic E-state index is 12.6. The quantitative estimate of drug-likeness (QED) is 0.689. The number of hydrogen-bond donors (Lipinski definition) is 0. The second-order valence-electron chi connectivity index (χ2n) is 8.32. The van der Waals surface area contributed by atoms with Gasteiger partial charge in [0.25, 0.3) is 0 Å². The first kappa shape index (κ1) is 21.0. The van der Waals surface area contributed by atoms with Crippen molar-refractivity contribution < 1.29 is 17.7 Å². The zero-order valence-corrected chi connectivity index (χ0v) is 18.4. The second kappa shape index (κ2) is 8.10. The number of hydrogen-bond acceptors (Lipinski definition) is 7. The van der Waals surface area contributed by atoms with Gasteiger partial charge in [-0.25, -0.2) is 12.7 Å². The van der Waals surface area contributed by atoms with Crippen LogP contribution < -0.4 is 0 Å². The zero-order valence-electron chi connectivity index (χ0n) is 17.6. The predicted molar refractivity (Wildman–Crippen MR) is 108 cm³/mol. The van der Waals surface area contributed by atoms with Gasteiger partial charge in [0.15, 0.2) is 5.82 Å². The fourth-order valence-electron chi connectivity index (χ4n) is 4.12. The van der Waals surface area contributed by atoms with E-state index in [9.17, 15) is 13.2 Å². The standard InChI is InChI=1S/C19H28N6O4S/c1-13(2)30(27,28)24-6-4-15(5-7-24)19-21-20-17-12-23(8-9-25(17)19)18(26)11-16-10-14(3)22-29-16/h10,13,15H,4-9,11-12H2,1-3H3. The lowest BCUT2D eigenvalue weighted by Crippen LogP contribution is -2.42. The van der Waals surface area contributed by atoms with Crippen molar-refractivity contribution in [2.45, 2.75) is 64.3 Å². The third kappa shape index (κ3) is 4.00. The number of fused-ring (bicyclic) bond motifs is 1. The molecular formula is C19H28N6O4S. The Morgan fingerprint density at radius 2 is 1.93 bits per heavy atom. The summed E-state index contributed by atoms with van der Waals surface area (Å²) in [5.74, 6) is 2.41. The summed E-state index contributed by atoms with van der Waals surface area (Å²) in [7, 11) is -3.22. The SMILES string of the molecule is Cc1cc(CC(=O)N2CCn3c(nnc3C3CCN(S(=O)(=O)C(C)C)CC3)C2)on1. The Balaban J connectivity index is 1.39. The van der Waals surface area contributed by atoms with Gasteiger partial charge in [0.1, 0.15) is 11.6 Å². The molecule has 10 nitrogen and oxygen atoms in total. The minimum atomic E-state index is -3.22. The van der Waals surface area contributed by atoms with E-state index in [0.717, 1.165) is 30.2 Å². The van der Waals surface area contributed by atoms with Gasteiger partial charge in [0.2, 0.25) is 15.9 Å². The van der Waals surface area contributed by atoms with Gasteiger partial charge in [-0.3, -0.25) is 4.79 Å². The summed E-state index contributed by atoms with van der Waals surface area (Å²) in [4.78, 5) is 14.4. The maximum Gasteiger partial charge on any atom is 0.230 e. The number of aryl methyl sites for hydroxylation is 1. The third-order valence-electron chi connectivity index (χ3n) is 5.91. The van der Waals surface area contributed by atoms with Crippen LogP contribution in [0.5, 0.6) is 0 Å². The van der Waals surface area contributed by atoms with Crippen LogP contribution in [0.25, 0.3) is 0 Å². The van der Waals surface area contributed by atoms with Gasteiger partial charge >= 0.3 is 0 Å². The van der Waals surface area contributed by atoms with Gasteiger partial charge in [-0.1, -0.05) is 5.16 Å². The Kier molecular flexibility index (Phi) is 5.67. The van der Waals surface area contributed by atoms with E-state index in [-0.39, 0.29) is 18.2 Å². The molecule has 1 fully saturated rings. The van der Waals surface area contributed by atoms with Crippen molar-refractivity contribution in [2.75, 3.05) is 19.6 Å². The van der Waals surface area contributed by atoms with Gasteiger partial charge in [-0.15, -0.1) is 10.2 Å². The van der Waals surface area contributed by atoms with Crippen LogP contribution in [0.3, 0.4) is 0 Å². The molecule has 1 saturated heterocycles. The summed E-state index contributed by atoms with van der Waals surface area (Å²) in [6.07, 6.45) is 1.65. The lowest BCUT2D eigenvalue weighted by atomic mass is 9.97. The molecule has 164 valence electrons. The number of carbonyl (C=O) groups is 1. The molecule has 11 heteroatoms. The van der Waals surface area contributed by atoms with Crippen LogP contribution in [0.15, 0.2) is 10.6 Å². The van der Waals surface area contributed by atoms with E-state index >= 15 is 0 Å². The summed E-state index contributed by atoms with van der Waals surface area (Å²) < 4.78 is 33.6. The number of piperidine rings is 1. The molecule has 0 saturated carbocycles. The van der Waals surface area contributed by atoms with E-state index in [0.29, 0.717) is 38.5 Å². The summed E-state index contributed by atoms with van der Waals surface area (Å²) in [6, 6.07) is 1.77. The predicted octanol–water partition coefficient (Wildman–Crippen LogP) is 1.08. The van der Waals surface area contributed by atoms with E-state index < -0.39 is 15.3 Å². The average Bonchev–Trinajstić information content (AvgIpc) is 3.33. The number of nitrogens with zero attached hydrogens (tertiary/aromatic N) is 6. The molecule has 30 heavy (non-hydrogen) atoms. The number of rotatable bonds is 5. The Bertz CT molecular complexity index is 1020. The molecule has 2 aliphatic rings. The highest BCUT2D eigenvalue weighted by Crippen LogP contribution is 2.30. The van der Waals surface area contributed by atoms with Crippen molar-refractivity contribution in [3.8, 4) is 0 Å². The number of carbonyl (C=O) groups excluding carboxylic acids is 1. The summed E-state index contributed by atoms with van der Waals surface area (Å²) in [6.45, 7) is 7.92. The van der Waals surface area contributed by atoms with E-state index in [1.54, 1.807) is 29.1 Å². The molecule has 4 heterocycles. The number of sulfonamides is 1. The van der Waals surface area contributed by atoms with Crippen LogP contribution in [0, 0.1) is 6.92 Å². The van der Waals surface area contributed by atoms with Gasteiger partial charge in [-0.2, -0.15) is 0 Å². The van der Waals surface area contributed by atoms with Crippen LogP contribution in [0.2, 0.25) is 0 Å². The zero-order chi connectivity index (χ0) is 21.5. The first-order valence-corrected chi connectivity index (χ1v) is 11.9. The fourth-order valence-corrected chi connectivity index (χ4v) is 5.44. The molecule has 2 aromatic heterocycles. The normalized spacial score (nSPS) is 18.7. The molecule has 4 rings (SSSR count). The minimum absolute atomic E-state index is 0.0193. The highest BCUT2D eigenvalue weighted by atomic mass is 32.2. The van der Waals surface area contributed by atoms with Crippen LogP contribution >= 0.6 is 0 Å². The smallest absolute Gasteiger partial charge is 0.230 e.